The SMILES string of the molecule is COC(=O)c1ccc2c(c1)sc(=NC(=O)c1cc(OC)c(OC)c(OC)c1)n2C. The zero-order chi connectivity index (χ0) is 21.1. The van der Waals surface area contributed by atoms with E-state index in [9.17, 15) is 9.59 Å². The molecule has 9 heteroatoms. The van der Waals surface area contributed by atoms with E-state index in [4.69, 9.17) is 18.9 Å². The zero-order valence-corrected chi connectivity index (χ0v) is 17.5. The molecule has 0 fully saturated rings. The van der Waals surface area contributed by atoms with Crippen molar-refractivity contribution in [3.05, 3.63) is 46.3 Å². The quantitative estimate of drug-likeness (QED) is 0.595. The van der Waals surface area contributed by atoms with Crippen LogP contribution < -0.4 is 19.0 Å². The van der Waals surface area contributed by atoms with Crippen LogP contribution in [0.25, 0.3) is 10.2 Å². The van der Waals surface area contributed by atoms with Gasteiger partial charge in [-0.15, -0.1) is 0 Å². The van der Waals surface area contributed by atoms with Gasteiger partial charge in [-0.2, -0.15) is 4.99 Å². The van der Waals surface area contributed by atoms with Gasteiger partial charge >= 0.3 is 5.97 Å². The number of carbonyl (C=O) groups excluding carboxylic acids is 2. The second-order valence-corrected chi connectivity index (χ2v) is 6.96. The molecule has 1 amide bonds. The van der Waals surface area contributed by atoms with Gasteiger partial charge in [-0.25, -0.2) is 4.79 Å². The highest BCUT2D eigenvalue weighted by atomic mass is 32.1. The fraction of sp³-hybridized carbons (Fsp3) is 0.250. The maximum atomic E-state index is 12.8. The van der Waals surface area contributed by atoms with Crippen molar-refractivity contribution in [2.24, 2.45) is 12.0 Å². The Labute approximate surface area is 170 Å². The molecule has 0 aliphatic carbocycles. The summed E-state index contributed by atoms with van der Waals surface area (Å²) in [7, 11) is 7.59. The van der Waals surface area contributed by atoms with Gasteiger partial charge in [0.1, 0.15) is 0 Å². The van der Waals surface area contributed by atoms with Crippen LogP contribution in [0.1, 0.15) is 20.7 Å². The van der Waals surface area contributed by atoms with Crippen LogP contribution in [0.15, 0.2) is 35.3 Å². The molecule has 0 aliphatic heterocycles. The summed E-state index contributed by atoms with van der Waals surface area (Å²) in [5, 5.41) is 0. The second-order valence-electron chi connectivity index (χ2n) is 5.95. The molecule has 3 aromatic rings. The molecule has 152 valence electrons. The van der Waals surface area contributed by atoms with Crippen molar-refractivity contribution in [3.63, 3.8) is 0 Å². The Morgan fingerprint density at radius 2 is 1.59 bits per heavy atom. The number of aryl methyl sites for hydroxylation is 1. The maximum absolute atomic E-state index is 12.8. The molecule has 0 unspecified atom stereocenters. The summed E-state index contributed by atoms with van der Waals surface area (Å²) in [5.41, 5.74) is 1.58. The highest BCUT2D eigenvalue weighted by Gasteiger charge is 2.17. The van der Waals surface area contributed by atoms with Gasteiger partial charge in [-0.05, 0) is 30.3 Å². The molecule has 8 nitrogen and oxygen atoms in total. The Bertz CT molecular complexity index is 1140. The van der Waals surface area contributed by atoms with Crippen LogP contribution in [0.2, 0.25) is 0 Å². The average Bonchev–Trinajstić information content (AvgIpc) is 3.06. The average molecular weight is 416 g/mol. The predicted octanol–water partition coefficient (Wildman–Crippen LogP) is 2.79. The van der Waals surface area contributed by atoms with E-state index in [-0.39, 0.29) is 0 Å². The number of benzene rings is 2. The third kappa shape index (κ3) is 3.81. The first-order chi connectivity index (χ1) is 13.9. The molecule has 0 radical (unpaired) electrons. The van der Waals surface area contributed by atoms with Crippen LogP contribution in [-0.4, -0.2) is 44.9 Å². The summed E-state index contributed by atoms with van der Waals surface area (Å²) in [6, 6.07) is 8.28. The minimum Gasteiger partial charge on any atom is -0.493 e. The largest absolute Gasteiger partial charge is 0.493 e. The van der Waals surface area contributed by atoms with Gasteiger partial charge in [0.2, 0.25) is 5.75 Å². The molecule has 1 heterocycles. The first kappa shape index (κ1) is 20.4. The number of nitrogens with zero attached hydrogens (tertiary/aromatic N) is 2. The summed E-state index contributed by atoms with van der Waals surface area (Å²) >= 11 is 1.30. The molecule has 0 spiro atoms. The minimum absolute atomic E-state index is 0.298. The summed E-state index contributed by atoms with van der Waals surface area (Å²) in [5.74, 6) is 0.256. The van der Waals surface area contributed by atoms with E-state index in [2.05, 4.69) is 4.99 Å². The van der Waals surface area contributed by atoms with Crippen LogP contribution >= 0.6 is 11.3 Å². The first-order valence-electron chi connectivity index (χ1n) is 8.50. The molecule has 1 aromatic heterocycles. The van der Waals surface area contributed by atoms with Gasteiger partial charge in [0.05, 0.1) is 44.2 Å². The van der Waals surface area contributed by atoms with Crippen LogP contribution in [-0.2, 0) is 11.8 Å². The Kier molecular flexibility index (Phi) is 5.88. The zero-order valence-electron chi connectivity index (χ0n) is 16.6. The molecule has 0 N–H and O–H groups in total. The lowest BCUT2D eigenvalue weighted by atomic mass is 10.1. The first-order valence-corrected chi connectivity index (χ1v) is 9.32. The molecule has 0 aliphatic rings. The number of hydrogen-bond donors (Lipinski definition) is 0. The minimum atomic E-state index is -0.459. The van der Waals surface area contributed by atoms with Gasteiger partial charge in [0, 0.05) is 12.6 Å². The van der Waals surface area contributed by atoms with Crippen molar-refractivity contribution in [1.82, 2.24) is 4.57 Å². The summed E-state index contributed by atoms with van der Waals surface area (Å²) in [4.78, 5) is 29.3. The van der Waals surface area contributed by atoms with E-state index in [0.717, 1.165) is 10.2 Å². The summed E-state index contributed by atoms with van der Waals surface area (Å²) in [6.45, 7) is 0. The fourth-order valence-corrected chi connectivity index (χ4v) is 3.90. The van der Waals surface area contributed by atoms with E-state index in [1.54, 1.807) is 41.9 Å². The second kappa shape index (κ2) is 8.36. The molecule has 0 saturated carbocycles. The number of ether oxygens (including phenoxy) is 4. The number of esters is 1. The Hall–Kier alpha value is -3.33. The van der Waals surface area contributed by atoms with Crippen molar-refractivity contribution in [2.45, 2.75) is 0 Å². The van der Waals surface area contributed by atoms with E-state index in [1.165, 1.54) is 39.8 Å². The number of aromatic nitrogens is 1. The molecular formula is C20H20N2O6S. The highest BCUT2D eigenvalue weighted by Crippen LogP contribution is 2.38. The number of rotatable bonds is 5. The molecule has 29 heavy (non-hydrogen) atoms. The molecule has 2 aromatic carbocycles. The van der Waals surface area contributed by atoms with E-state index >= 15 is 0 Å². The van der Waals surface area contributed by atoms with Crippen LogP contribution in [0, 0.1) is 0 Å². The normalized spacial score (nSPS) is 11.4. The number of fused-ring (bicyclic) bond motifs is 1. The predicted molar refractivity (Wildman–Crippen MR) is 108 cm³/mol. The lowest BCUT2D eigenvalue weighted by molar-refractivity contribution is 0.0601. The number of amides is 1. The molecular weight excluding hydrogens is 396 g/mol. The molecule has 3 rings (SSSR count). The van der Waals surface area contributed by atoms with Gasteiger partial charge in [0.25, 0.3) is 5.91 Å². The maximum Gasteiger partial charge on any atom is 0.337 e. The summed E-state index contributed by atoms with van der Waals surface area (Å²) in [6.07, 6.45) is 0. The lowest BCUT2D eigenvalue weighted by Gasteiger charge is -2.12. The third-order valence-corrected chi connectivity index (χ3v) is 5.43. The van der Waals surface area contributed by atoms with Gasteiger partial charge in [-0.3, -0.25) is 4.79 Å². The van der Waals surface area contributed by atoms with Crippen LogP contribution in [0.3, 0.4) is 0 Å². The topological polar surface area (TPSA) is 88.3 Å². The van der Waals surface area contributed by atoms with E-state index < -0.39 is 11.9 Å². The van der Waals surface area contributed by atoms with Crippen molar-refractivity contribution in [2.75, 3.05) is 28.4 Å². The van der Waals surface area contributed by atoms with Gasteiger partial charge in [-0.1, -0.05) is 11.3 Å². The van der Waals surface area contributed by atoms with Crippen LogP contribution in [0.5, 0.6) is 17.2 Å². The smallest absolute Gasteiger partial charge is 0.337 e. The van der Waals surface area contributed by atoms with Crippen molar-refractivity contribution in [3.8, 4) is 17.2 Å². The van der Waals surface area contributed by atoms with Crippen molar-refractivity contribution in [1.29, 1.82) is 0 Å². The standard InChI is InChI=1S/C20H20N2O6S/c1-22-13-7-6-11(19(24)28-5)10-16(13)29-20(22)21-18(23)12-8-14(25-2)17(27-4)15(9-12)26-3/h6-10H,1-5H3. The van der Waals surface area contributed by atoms with E-state index in [0.29, 0.717) is 33.2 Å². The Balaban J connectivity index is 2.08. The number of thiazole rings is 1. The number of carbonyl (C=O) groups is 2. The Morgan fingerprint density at radius 1 is 0.931 bits per heavy atom. The summed E-state index contributed by atoms with van der Waals surface area (Å²) < 4.78 is 23.2. The van der Waals surface area contributed by atoms with Crippen LogP contribution in [0.4, 0.5) is 0 Å². The lowest BCUT2D eigenvalue weighted by Crippen LogP contribution is -2.13. The van der Waals surface area contributed by atoms with Gasteiger partial charge in [0.15, 0.2) is 16.3 Å². The monoisotopic (exact) mass is 416 g/mol. The molecule has 0 atom stereocenters. The number of methoxy groups -OCH3 is 4. The Morgan fingerprint density at radius 3 is 2.14 bits per heavy atom. The fourth-order valence-electron chi connectivity index (χ4n) is 2.84. The molecule has 0 bridgehead atoms. The molecule has 0 saturated heterocycles. The van der Waals surface area contributed by atoms with E-state index in [1.807, 2.05) is 0 Å². The third-order valence-electron chi connectivity index (χ3n) is 4.34. The van der Waals surface area contributed by atoms with Crippen molar-refractivity contribution < 1.29 is 28.5 Å². The highest BCUT2D eigenvalue weighted by molar-refractivity contribution is 7.16. The number of hydrogen-bond acceptors (Lipinski definition) is 7. The van der Waals surface area contributed by atoms with Crippen molar-refractivity contribution >= 4 is 33.4 Å². The van der Waals surface area contributed by atoms with Gasteiger partial charge < -0.3 is 23.5 Å².